The molecule has 3 aromatic heterocycles. The van der Waals surface area contributed by atoms with Gasteiger partial charge >= 0.3 is 0 Å². The number of fused-ring (bicyclic) bond motifs is 2. The van der Waals surface area contributed by atoms with Crippen molar-refractivity contribution in [1.82, 2.24) is 29.7 Å². The number of H-pyrrole nitrogens is 1. The molecule has 0 atom stereocenters. The van der Waals surface area contributed by atoms with E-state index in [2.05, 4.69) is 25.0 Å². The van der Waals surface area contributed by atoms with E-state index in [9.17, 15) is 9.18 Å². The first-order valence-electron chi connectivity index (χ1n) is 9.16. The van der Waals surface area contributed by atoms with E-state index < -0.39 is 0 Å². The van der Waals surface area contributed by atoms with Crippen molar-refractivity contribution >= 4 is 33.7 Å². The first kappa shape index (κ1) is 18.4. The minimum absolute atomic E-state index is 0.156. The van der Waals surface area contributed by atoms with E-state index in [1.165, 1.54) is 30.2 Å². The molecule has 0 bridgehead atoms. The molecule has 1 N–H and O–H groups in total. The van der Waals surface area contributed by atoms with Crippen LogP contribution in [0.1, 0.15) is 11.4 Å². The SMILES string of the molecule is Cc1cccc2c(=O)[nH]c(CSc3ncnc4c3cnn4-c3ccc(F)cc3)nc12. The van der Waals surface area contributed by atoms with Crippen LogP contribution in [0.15, 0.2) is 64.8 Å². The van der Waals surface area contributed by atoms with Crippen molar-refractivity contribution in [3.8, 4) is 5.69 Å². The Morgan fingerprint density at radius 2 is 1.93 bits per heavy atom. The Balaban J connectivity index is 1.48. The second kappa shape index (κ2) is 7.34. The fourth-order valence-corrected chi connectivity index (χ4v) is 4.10. The van der Waals surface area contributed by atoms with Crippen LogP contribution in [-0.2, 0) is 5.75 Å². The maximum absolute atomic E-state index is 13.2. The summed E-state index contributed by atoms with van der Waals surface area (Å²) in [6, 6.07) is 11.6. The molecule has 0 fully saturated rings. The zero-order valence-electron chi connectivity index (χ0n) is 15.8. The molecule has 148 valence electrons. The number of hydrogen-bond donors (Lipinski definition) is 1. The van der Waals surface area contributed by atoms with Crippen LogP contribution in [0.25, 0.3) is 27.6 Å². The molecule has 0 amide bonds. The van der Waals surface area contributed by atoms with Crippen LogP contribution in [0.3, 0.4) is 0 Å². The average molecular weight is 418 g/mol. The number of para-hydroxylation sites is 1. The fourth-order valence-electron chi connectivity index (χ4n) is 3.27. The lowest BCUT2D eigenvalue weighted by Crippen LogP contribution is -2.11. The molecule has 5 rings (SSSR count). The van der Waals surface area contributed by atoms with Crippen molar-refractivity contribution < 1.29 is 4.39 Å². The largest absolute Gasteiger partial charge is 0.309 e. The van der Waals surface area contributed by atoms with Crippen molar-refractivity contribution in [2.24, 2.45) is 0 Å². The fraction of sp³-hybridized carbons (Fsp3) is 0.0952. The van der Waals surface area contributed by atoms with Crippen LogP contribution in [-0.4, -0.2) is 29.7 Å². The van der Waals surface area contributed by atoms with E-state index >= 15 is 0 Å². The first-order chi connectivity index (χ1) is 14.6. The molecule has 0 saturated heterocycles. The van der Waals surface area contributed by atoms with Gasteiger partial charge in [0.1, 0.15) is 23.0 Å². The number of hydrogen-bond acceptors (Lipinski definition) is 6. The first-order valence-corrected chi connectivity index (χ1v) is 10.1. The van der Waals surface area contributed by atoms with Crippen LogP contribution in [0.5, 0.6) is 0 Å². The maximum atomic E-state index is 13.2. The Bertz CT molecular complexity index is 1440. The van der Waals surface area contributed by atoms with Gasteiger partial charge in [-0.25, -0.2) is 24.0 Å². The van der Waals surface area contributed by atoms with Crippen molar-refractivity contribution in [1.29, 1.82) is 0 Å². The van der Waals surface area contributed by atoms with Gasteiger partial charge in [0.2, 0.25) is 0 Å². The van der Waals surface area contributed by atoms with Gasteiger partial charge in [0, 0.05) is 0 Å². The highest BCUT2D eigenvalue weighted by atomic mass is 32.2. The quantitative estimate of drug-likeness (QED) is 0.353. The summed E-state index contributed by atoms with van der Waals surface area (Å²) < 4.78 is 14.9. The van der Waals surface area contributed by atoms with Crippen LogP contribution >= 0.6 is 11.8 Å². The molecule has 0 radical (unpaired) electrons. The van der Waals surface area contributed by atoms with Gasteiger partial charge in [0.15, 0.2) is 5.65 Å². The van der Waals surface area contributed by atoms with E-state index in [0.717, 1.165) is 16.0 Å². The molecule has 3 heterocycles. The molecule has 30 heavy (non-hydrogen) atoms. The predicted octanol–water partition coefficient (Wildman–Crippen LogP) is 3.79. The highest BCUT2D eigenvalue weighted by Crippen LogP contribution is 2.28. The second-order valence-corrected chi connectivity index (χ2v) is 7.69. The lowest BCUT2D eigenvalue weighted by atomic mass is 10.1. The van der Waals surface area contributed by atoms with Crippen molar-refractivity contribution in [3.05, 3.63) is 82.5 Å². The molecule has 0 aliphatic rings. The molecule has 0 aliphatic carbocycles. The van der Waals surface area contributed by atoms with E-state index in [1.54, 1.807) is 29.1 Å². The summed E-state index contributed by atoms with van der Waals surface area (Å²) >= 11 is 1.44. The van der Waals surface area contributed by atoms with Gasteiger partial charge in [0.05, 0.1) is 33.9 Å². The molecule has 0 spiro atoms. The number of nitrogens with one attached hydrogen (secondary N) is 1. The molecule has 5 aromatic rings. The summed E-state index contributed by atoms with van der Waals surface area (Å²) in [7, 11) is 0. The third-order valence-electron chi connectivity index (χ3n) is 4.73. The van der Waals surface area contributed by atoms with Crippen LogP contribution in [0.4, 0.5) is 4.39 Å². The number of aromatic nitrogens is 6. The Hall–Kier alpha value is -3.59. The van der Waals surface area contributed by atoms with Gasteiger partial charge < -0.3 is 4.98 Å². The standard InChI is InChI=1S/C21H15FN6OS/c1-12-3-2-4-15-18(12)26-17(27-20(15)29)10-30-21-16-9-25-28(19(16)23-11-24-21)14-7-5-13(22)6-8-14/h2-9,11H,10H2,1H3,(H,26,27,29). The van der Waals surface area contributed by atoms with Crippen LogP contribution < -0.4 is 5.56 Å². The normalized spacial score (nSPS) is 11.4. The zero-order valence-corrected chi connectivity index (χ0v) is 16.7. The zero-order chi connectivity index (χ0) is 20.7. The molecular weight excluding hydrogens is 403 g/mol. The highest BCUT2D eigenvalue weighted by Gasteiger charge is 2.13. The number of thioether (sulfide) groups is 1. The summed E-state index contributed by atoms with van der Waals surface area (Å²) in [6.07, 6.45) is 3.15. The lowest BCUT2D eigenvalue weighted by Gasteiger charge is -2.06. The molecule has 9 heteroatoms. The van der Waals surface area contributed by atoms with Crippen LogP contribution in [0, 0.1) is 12.7 Å². The van der Waals surface area contributed by atoms with E-state index in [0.29, 0.717) is 33.8 Å². The van der Waals surface area contributed by atoms with Gasteiger partial charge in [-0.05, 0) is 42.8 Å². The van der Waals surface area contributed by atoms with Gasteiger partial charge in [-0.1, -0.05) is 23.9 Å². The Morgan fingerprint density at radius 3 is 2.77 bits per heavy atom. The summed E-state index contributed by atoms with van der Waals surface area (Å²) in [4.78, 5) is 28.5. The van der Waals surface area contributed by atoms with Crippen LogP contribution in [0.2, 0.25) is 0 Å². The minimum atomic E-state index is -0.312. The Labute approximate surface area is 174 Å². The summed E-state index contributed by atoms with van der Waals surface area (Å²) in [6.45, 7) is 1.93. The molecule has 0 aliphatic heterocycles. The number of benzene rings is 2. The number of aryl methyl sites for hydroxylation is 1. The Morgan fingerprint density at radius 1 is 1.10 bits per heavy atom. The van der Waals surface area contributed by atoms with Gasteiger partial charge in [-0.3, -0.25) is 4.79 Å². The number of halogens is 1. The van der Waals surface area contributed by atoms with E-state index in [1.807, 2.05) is 19.1 Å². The topological polar surface area (TPSA) is 89.4 Å². The highest BCUT2D eigenvalue weighted by molar-refractivity contribution is 7.98. The number of nitrogens with zero attached hydrogens (tertiary/aromatic N) is 5. The van der Waals surface area contributed by atoms with Gasteiger partial charge in [-0.2, -0.15) is 5.10 Å². The summed E-state index contributed by atoms with van der Waals surface area (Å²) in [5, 5.41) is 6.45. The maximum Gasteiger partial charge on any atom is 0.258 e. The Kier molecular flexibility index (Phi) is 4.51. The average Bonchev–Trinajstić information content (AvgIpc) is 3.18. The molecule has 7 nitrogen and oxygen atoms in total. The lowest BCUT2D eigenvalue weighted by molar-refractivity contribution is 0.627. The van der Waals surface area contributed by atoms with Crippen molar-refractivity contribution in [2.75, 3.05) is 0 Å². The molecular formula is C21H15FN6OS. The van der Waals surface area contributed by atoms with Gasteiger partial charge in [-0.15, -0.1) is 0 Å². The molecule has 0 unspecified atom stereocenters. The van der Waals surface area contributed by atoms with E-state index in [-0.39, 0.29) is 11.4 Å². The second-order valence-electron chi connectivity index (χ2n) is 6.72. The third kappa shape index (κ3) is 3.22. The van der Waals surface area contributed by atoms with E-state index in [4.69, 9.17) is 0 Å². The van der Waals surface area contributed by atoms with Crippen molar-refractivity contribution in [2.45, 2.75) is 17.7 Å². The summed E-state index contributed by atoms with van der Waals surface area (Å²) in [5.74, 6) is 0.700. The van der Waals surface area contributed by atoms with Crippen molar-refractivity contribution in [3.63, 3.8) is 0 Å². The minimum Gasteiger partial charge on any atom is -0.309 e. The predicted molar refractivity (Wildman–Crippen MR) is 113 cm³/mol. The summed E-state index contributed by atoms with van der Waals surface area (Å²) in [5.41, 5.74) is 2.83. The smallest absolute Gasteiger partial charge is 0.258 e. The molecule has 2 aromatic carbocycles. The molecule has 0 saturated carbocycles. The number of rotatable bonds is 4. The number of aromatic amines is 1. The van der Waals surface area contributed by atoms with Gasteiger partial charge in [0.25, 0.3) is 5.56 Å². The third-order valence-corrected chi connectivity index (χ3v) is 5.75. The monoisotopic (exact) mass is 418 g/mol.